The zero-order valence-electron chi connectivity index (χ0n) is 15.6. The van der Waals surface area contributed by atoms with E-state index in [0.29, 0.717) is 24.2 Å². The van der Waals surface area contributed by atoms with E-state index in [1.807, 2.05) is 0 Å². The van der Waals surface area contributed by atoms with Crippen molar-refractivity contribution in [2.24, 2.45) is 0 Å². The van der Waals surface area contributed by atoms with Gasteiger partial charge in [-0.15, -0.1) is 0 Å². The first-order valence-corrected chi connectivity index (χ1v) is 10.1. The van der Waals surface area contributed by atoms with E-state index in [2.05, 4.69) is 5.32 Å². The molecule has 0 atom stereocenters. The Morgan fingerprint density at radius 2 is 1.75 bits per heavy atom. The van der Waals surface area contributed by atoms with Crippen molar-refractivity contribution in [1.29, 1.82) is 0 Å². The van der Waals surface area contributed by atoms with Crippen LogP contribution in [0.1, 0.15) is 23.2 Å². The van der Waals surface area contributed by atoms with Crippen LogP contribution in [0.25, 0.3) is 0 Å². The summed E-state index contributed by atoms with van der Waals surface area (Å²) in [5.41, 5.74) is 1.70. The summed E-state index contributed by atoms with van der Waals surface area (Å²) in [4.78, 5) is 30.6. The van der Waals surface area contributed by atoms with Crippen molar-refractivity contribution in [3.63, 3.8) is 0 Å². The first kappa shape index (κ1) is 20.0. The Hall–Kier alpha value is -2.75. The number of hydrogen-bond donors (Lipinski definition) is 1. The van der Waals surface area contributed by atoms with E-state index in [1.54, 1.807) is 29.2 Å². The highest BCUT2D eigenvalue weighted by molar-refractivity contribution is 7.89. The lowest BCUT2D eigenvalue weighted by Gasteiger charge is -2.16. The van der Waals surface area contributed by atoms with Gasteiger partial charge >= 0.3 is 0 Å². The molecule has 0 unspecified atom stereocenters. The fourth-order valence-electron chi connectivity index (χ4n) is 2.87. The van der Waals surface area contributed by atoms with Gasteiger partial charge in [0, 0.05) is 37.0 Å². The van der Waals surface area contributed by atoms with Gasteiger partial charge in [0.1, 0.15) is 0 Å². The lowest BCUT2D eigenvalue weighted by atomic mass is 10.2. The highest BCUT2D eigenvalue weighted by Gasteiger charge is 2.22. The Kier molecular flexibility index (Phi) is 5.78. The lowest BCUT2D eigenvalue weighted by molar-refractivity contribution is -0.117. The second-order valence-corrected chi connectivity index (χ2v) is 8.21. The number of rotatable bonds is 6. The van der Waals surface area contributed by atoms with Crippen LogP contribution in [-0.2, 0) is 19.7 Å². The number of hydroxylamine groups is 1. The molecule has 2 amide bonds. The van der Waals surface area contributed by atoms with Gasteiger partial charge in [-0.25, -0.2) is 8.42 Å². The van der Waals surface area contributed by atoms with E-state index >= 15 is 0 Å². The van der Waals surface area contributed by atoms with Crippen LogP contribution in [0.4, 0.5) is 11.4 Å². The summed E-state index contributed by atoms with van der Waals surface area (Å²) in [5, 5.41) is 2.75. The van der Waals surface area contributed by atoms with Gasteiger partial charge in [0.25, 0.3) is 15.9 Å². The van der Waals surface area contributed by atoms with Crippen molar-refractivity contribution in [1.82, 2.24) is 4.47 Å². The predicted molar refractivity (Wildman–Crippen MR) is 104 cm³/mol. The van der Waals surface area contributed by atoms with E-state index in [1.165, 1.54) is 38.4 Å². The molecule has 148 valence electrons. The molecule has 2 aromatic carbocycles. The normalized spacial score (nSPS) is 14.5. The molecule has 0 bridgehead atoms. The SMILES string of the molecule is CON(C)S(=O)(=O)c1ccc(C(=O)Nc2ccc(N3CCCC3=O)cc2)cc1. The van der Waals surface area contributed by atoms with Gasteiger partial charge in [-0.05, 0) is 55.0 Å². The van der Waals surface area contributed by atoms with Gasteiger partial charge in [0.15, 0.2) is 0 Å². The average molecular weight is 403 g/mol. The van der Waals surface area contributed by atoms with Crippen molar-refractivity contribution in [3.05, 3.63) is 54.1 Å². The van der Waals surface area contributed by atoms with E-state index < -0.39 is 10.0 Å². The second kappa shape index (κ2) is 8.09. The van der Waals surface area contributed by atoms with Crippen LogP contribution in [0.2, 0.25) is 0 Å². The predicted octanol–water partition coefficient (Wildman–Crippen LogP) is 2.25. The molecule has 8 nitrogen and oxygen atoms in total. The molecule has 9 heteroatoms. The molecule has 1 aliphatic rings. The molecule has 0 saturated carbocycles. The Bertz CT molecular complexity index is 972. The highest BCUT2D eigenvalue weighted by Crippen LogP contribution is 2.23. The third-order valence-corrected chi connectivity index (χ3v) is 6.21. The number of sulfonamides is 1. The van der Waals surface area contributed by atoms with E-state index in [-0.39, 0.29) is 16.7 Å². The van der Waals surface area contributed by atoms with E-state index in [4.69, 9.17) is 4.84 Å². The van der Waals surface area contributed by atoms with Gasteiger partial charge in [0.2, 0.25) is 5.91 Å². The van der Waals surface area contributed by atoms with Crippen LogP contribution < -0.4 is 10.2 Å². The van der Waals surface area contributed by atoms with E-state index in [9.17, 15) is 18.0 Å². The number of anilines is 2. The number of nitrogens with one attached hydrogen (secondary N) is 1. The van der Waals surface area contributed by atoms with Crippen molar-refractivity contribution in [2.75, 3.05) is 30.9 Å². The minimum absolute atomic E-state index is 0.0213. The smallest absolute Gasteiger partial charge is 0.264 e. The maximum atomic E-state index is 12.4. The fourth-order valence-corrected chi connectivity index (χ4v) is 3.85. The first-order chi connectivity index (χ1) is 13.3. The summed E-state index contributed by atoms with van der Waals surface area (Å²) >= 11 is 0. The maximum Gasteiger partial charge on any atom is 0.264 e. The largest absolute Gasteiger partial charge is 0.322 e. The number of nitrogens with zero attached hydrogens (tertiary/aromatic N) is 2. The second-order valence-electron chi connectivity index (χ2n) is 6.27. The first-order valence-electron chi connectivity index (χ1n) is 8.68. The molecule has 0 aromatic heterocycles. The van der Waals surface area contributed by atoms with Gasteiger partial charge in [-0.2, -0.15) is 0 Å². The summed E-state index contributed by atoms with van der Waals surface area (Å²) < 4.78 is 25.1. The van der Waals surface area contributed by atoms with Crippen LogP contribution in [0.3, 0.4) is 0 Å². The third kappa shape index (κ3) is 4.06. The minimum atomic E-state index is -3.76. The standard InChI is InChI=1S/C19H21N3O5S/c1-21(27-2)28(25,26)17-11-5-14(6-12-17)19(24)20-15-7-9-16(10-8-15)22-13-3-4-18(22)23/h5-12H,3-4,13H2,1-2H3,(H,20,24). The molecular formula is C19H21N3O5S. The van der Waals surface area contributed by atoms with Gasteiger partial charge in [-0.1, -0.05) is 4.47 Å². The van der Waals surface area contributed by atoms with Crippen LogP contribution >= 0.6 is 0 Å². The molecule has 1 saturated heterocycles. The van der Waals surface area contributed by atoms with Crippen LogP contribution in [0.5, 0.6) is 0 Å². The van der Waals surface area contributed by atoms with Crippen molar-refractivity contribution in [3.8, 4) is 0 Å². The summed E-state index contributed by atoms with van der Waals surface area (Å²) in [6, 6.07) is 12.6. The Morgan fingerprint density at radius 3 is 2.29 bits per heavy atom. The Labute approximate surface area is 163 Å². The molecule has 3 rings (SSSR count). The van der Waals surface area contributed by atoms with Crippen LogP contribution in [0.15, 0.2) is 53.4 Å². The molecular weight excluding hydrogens is 382 g/mol. The summed E-state index contributed by atoms with van der Waals surface area (Å²) in [5.74, 6) is -0.264. The zero-order chi connectivity index (χ0) is 20.3. The van der Waals surface area contributed by atoms with Gasteiger partial charge in [0.05, 0.1) is 12.0 Å². The topological polar surface area (TPSA) is 96.0 Å². The summed E-state index contributed by atoms with van der Waals surface area (Å²) in [6.07, 6.45) is 1.41. The molecule has 0 spiro atoms. The molecule has 28 heavy (non-hydrogen) atoms. The van der Waals surface area contributed by atoms with Crippen LogP contribution in [0, 0.1) is 0 Å². The molecule has 1 fully saturated rings. The maximum absolute atomic E-state index is 12.4. The van der Waals surface area contributed by atoms with Gasteiger partial charge in [-0.3, -0.25) is 14.4 Å². The average Bonchev–Trinajstić information content (AvgIpc) is 3.13. The van der Waals surface area contributed by atoms with Gasteiger partial charge < -0.3 is 10.2 Å². The highest BCUT2D eigenvalue weighted by atomic mass is 32.2. The number of carbonyl (C=O) groups is 2. The lowest BCUT2D eigenvalue weighted by Crippen LogP contribution is -2.25. The zero-order valence-corrected chi connectivity index (χ0v) is 16.4. The summed E-state index contributed by atoms with van der Waals surface area (Å²) in [6.45, 7) is 0.706. The summed E-state index contributed by atoms with van der Waals surface area (Å²) in [7, 11) is -1.22. The fraction of sp³-hybridized carbons (Fsp3) is 0.263. The van der Waals surface area contributed by atoms with Crippen molar-refractivity contribution < 1.29 is 22.8 Å². The number of amides is 2. The minimum Gasteiger partial charge on any atom is -0.322 e. The Balaban J connectivity index is 1.69. The third-order valence-electron chi connectivity index (χ3n) is 4.52. The molecule has 0 radical (unpaired) electrons. The van der Waals surface area contributed by atoms with Crippen LogP contribution in [-0.4, -0.2) is 45.4 Å². The monoisotopic (exact) mass is 403 g/mol. The van der Waals surface area contributed by atoms with E-state index in [0.717, 1.165) is 16.6 Å². The Morgan fingerprint density at radius 1 is 1.11 bits per heavy atom. The number of hydrogen-bond acceptors (Lipinski definition) is 5. The number of benzene rings is 2. The number of carbonyl (C=O) groups excluding carboxylic acids is 2. The van der Waals surface area contributed by atoms with Crippen molar-refractivity contribution >= 4 is 33.2 Å². The quantitative estimate of drug-likeness (QED) is 0.747. The molecule has 1 heterocycles. The molecule has 1 N–H and O–H groups in total. The molecule has 0 aliphatic carbocycles. The molecule has 1 aliphatic heterocycles. The van der Waals surface area contributed by atoms with Crippen molar-refractivity contribution in [2.45, 2.75) is 17.7 Å². The molecule has 2 aromatic rings.